The molecule has 0 saturated heterocycles. The monoisotopic (exact) mass is 707 g/mol. The summed E-state index contributed by atoms with van der Waals surface area (Å²) in [5.74, 6) is -51.7. The first-order valence-corrected chi connectivity index (χ1v) is 14.7. The van der Waals surface area contributed by atoms with Gasteiger partial charge in [-0.2, -0.15) is 74.6 Å². The average Bonchev–Trinajstić information content (AvgIpc) is 3.00. The van der Waals surface area contributed by atoms with Gasteiger partial charge in [-0.25, -0.2) is 8.42 Å². The number of hydrogen-bond donors (Lipinski definition) is 0. The number of sulfonamides is 1. The molecule has 0 fully saturated rings. The van der Waals surface area contributed by atoms with Crippen molar-refractivity contribution >= 4 is 30.4 Å². The maximum absolute atomic E-state index is 15.0. The molecule has 1 aliphatic heterocycles. The highest BCUT2D eigenvalue weighted by molar-refractivity contribution is 7.95. The molecule has 0 radical (unpaired) electrons. The molecule has 0 atom stereocenters. The highest BCUT2D eigenvalue weighted by atomic mass is 32.2. The largest absolute Gasteiger partial charge is 0.724 e. The van der Waals surface area contributed by atoms with Gasteiger partial charge in [0, 0.05) is 16.8 Å². The minimum Gasteiger partial charge on any atom is -0.626 e. The molecule has 0 bridgehead atoms. The molecule has 0 amide bonds. The molecule has 0 aromatic heterocycles. The number of para-hydroxylation sites is 2. The Morgan fingerprint density at radius 2 is 0.955 bits per heavy atom. The lowest BCUT2D eigenvalue weighted by Gasteiger charge is -2.43. The lowest BCUT2D eigenvalue weighted by atomic mass is 9.91. The second kappa shape index (κ2) is 10.2. The van der Waals surface area contributed by atoms with Gasteiger partial charge in [-0.15, -0.1) is 0 Å². The lowest BCUT2D eigenvalue weighted by Crippen LogP contribution is -2.75. The zero-order valence-electron chi connectivity index (χ0n) is 20.7. The van der Waals surface area contributed by atoms with Crippen LogP contribution in [0.1, 0.15) is 0 Å². The molecule has 44 heavy (non-hydrogen) atoms. The van der Waals surface area contributed by atoms with E-state index in [1.165, 1.54) is 18.2 Å². The van der Waals surface area contributed by atoms with Crippen LogP contribution in [0.3, 0.4) is 0 Å². The summed E-state index contributed by atoms with van der Waals surface area (Å²) in [4.78, 5) is 0. The van der Waals surface area contributed by atoms with E-state index in [-0.39, 0.29) is 11.3 Å². The van der Waals surface area contributed by atoms with Crippen molar-refractivity contribution in [2.75, 3.05) is 3.29 Å². The first-order valence-electron chi connectivity index (χ1n) is 11.1. The Balaban J connectivity index is 2.22. The normalized spacial score (nSPS) is 16.2. The Hall–Kier alpha value is -2.67. The molecule has 2 aromatic carbocycles. The first kappa shape index (κ1) is 35.8. The van der Waals surface area contributed by atoms with Crippen molar-refractivity contribution in [3.05, 3.63) is 48.5 Å². The zero-order chi connectivity index (χ0) is 34.3. The van der Waals surface area contributed by atoms with E-state index in [9.17, 15) is 74.3 Å². The summed E-state index contributed by atoms with van der Waals surface area (Å²) >= 11 is -4.22. The van der Waals surface area contributed by atoms with Crippen LogP contribution in [0, 0.1) is 0 Å². The van der Waals surface area contributed by atoms with Crippen LogP contribution < -0.4 is 7.08 Å². The number of halogens is 17. The second-order valence-corrected chi connectivity index (χ2v) is 13.2. The molecule has 0 unspecified atom stereocenters. The minimum absolute atomic E-state index is 0.112. The molecule has 1 aliphatic rings. The highest BCUT2D eigenvalue weighted by Crippen LogP contribution is 2.64. The summed E-state index contributed by atoms with van der Waals surface area (Å²) in [5.41, 5.74) is -1.57. The summed E-state index contributed by atoms with van der Waals surface area (Å²) < 4.78 is 264. The van der Waals surface area contributed by atoms with E-state index in [4.69, 9.17) is 3.79 Å². The van der Waals surface area contributed by atoms with Crippen molar-refractivity contribution in [2.45, 2.75) is 52.8 Å². The van der Waals surface area contributed by atoms with E-state index in [1.54, 1.807) is 0 Å². The van der Waals surface area contributed by atoms with Crippen LogP contribution in [0.4, 0.5) is 80.3 Å². The van der Waals surface area contributed by atoms with E-state index >= 15 is 8.78 Å². The van der Waals surface area contributed by atoms with Crippen LogP contribution in [0.5, 0.6) is 5.75 Å². The van der Waals surface area contributed by atoms with Crippen LogP contribution in [-0.4, -0.2) is 70.1 Å². The fourth-order valence-corrected chi connectivity index (χ4v) is 8.37. The fraction of sp³-hybridized carbons (Fsp3) is 0.429. The zero-order valence-corrected chi connectivity index (χ0v) is 22.7. The molecule has 1 heterocycles. The number of anilines is 1. The molecule has 3 rings (SSSR count). The maximum Gasteiger partial charge on any atom is 0.724 e. The Kier molecular flexibility index (Phi) is 8.28. The van der Waals surface area contributed by atoms with Crippen LogP contribution in [-0.2, 0) is 10.0 Å². The molecular weight excluding hydrogens is 696 g/mol. The Labute approximate surface area is 239 Å². The van der Waals surface area contributed by atoms with Gasteiger partial charge in [-0.05, 0) is 17.9 Å². The van der Waals surface area contributed by atoms with Crippen LogP contribution in [0.15, 0.2) is 48.5 Å². The number of benzene rings is 2. The molecule has 4 nitrogen and oxygen atoms in total. The van der Waals surface area contributed by atoms with Gasteiger partial charge in [-0.3, -0.25) is 0 Å². The highest BCUT2D eigenvalue weighted by Gasteiger charge is 2.96. The van der Waals surface area contributed by atoms with Gasteiger partial charge >= 0.3 is 61.7 Å². The van der Waals surface area contributed by atoms with Gasteiger partial charge < -0.3 is 7.08 Å². The molecule has 0 saturated carbocycles. The molecule has 246 valence electrons. The minimum atomic E-state index is -8.91. The van der Waals surface area contributed by atoms with Gasteiger partial charge in [0.1, 0.15) is 0 Å². The number of hydrogen-bond acceptors (Lipinski definition) is 3. The van der Waals surface area contributed by atoms with E-state index in [1.807, 2.05) is 0 Å². The van der Waals surface area contributed by atoms with E-state index in [2.05, 4.69) is 0 Å². The van der Waals surface area contributed by atoms with Crippen LogP contribution >= 0.6 is 0 Å². The van der Waals surface area contributed by atoms with Gasteiger partial charge in [0.05, 0.1) is 5.75 Å². The quantitative estimate of drug-likeness (QED) is 0.207. The Morgan fingerprint density at radius 3 is 1.43 bits per heavy atom. The lowest BCUT2D eigenvalue weighted by molar-refractivity contribution is -0.458. The van der Waals surface area contributed by atoms with Gasteiger partial charge in [-0.1, -0.05) is 36.4 Å². The van der Waals surface area contributed by atoms with E-state index < -0.39 is 86.2 Å². The predicted molar refractivity (Wildman–Crippen MR) is 116 cm³/mol. The van der Waals surface area contributed by atoms with Gasteiger partial charge in [0.25, 0.3) is 10.0 Å². The topological polar surface area (TPSA) is 46.6 Å². The third kappa shape index (κ3) is 4.50. The van der Waals surface area contributed by atoms with Crippen LogP contribution in [0.2, 0.25) is 5.79 Å². The van der Waals surface area contributed by atoms with Crippen molar-refractivity contribution in [1.82, 2.24) is 0 Å². The Morgan fingerprint density at radius 1 is 0.568 bits per heavy atom. The standard InChI is InChI=1S/C20H9F17NO3S.CH3.Al/c21-13(22,15(25,26)17(29,30)19(33,34)35)14(23,24)16(27,28)18(31,32)20(36,37)42(40,41)38-11-7-3-1-5-9(11)10-6-2-4-8-12(10)39;;/h1-8,39H;1H3;/q-1;;+2/p-1. The average molecular weight is 707 g/mol. The molecule has 23 heteroatoms. The van der Waals surface area contributed by atoms with Crippen molar-refractivity contribution < 1.29 is 86.8 Å². The number of fused-ring (bicyclic) bond motifs is 3. The Bertz CT molecular complexity index is 1530. The van der Waals surface area contributed by atoms with Crippen molar-refractivity contribution in [1.29, 1.82) is 0 Å². The summed E-state index contributed by atoms with van der Waals surface area (Å²) in [6.07, 6.45) is -7.90. The van der Waals surface area contributed by atoms with E-state index in [0.717, 1.165) is 24.3 Å². The van der Waals surface area contributed by atoms with Crippen molar-refractivity contribution in [3.63, 3.8) is 0 Å². The van der Waals surface area contributed by atoms with Gasteiger partial charge in [0.15, 0.2) is 0 Å². The van der Waals surface area contributed by atoms with Crippen molar-refractivity contribution in [2.24, 2.45) is 0 Å². The first-order chi connectivity index (χ1) is 19.5. The SMILES string of the molecule is [CH3][Al]1[O]c2ccccc2-c2ccccc2[N]1S(=O)(=O)C(F)(F)C(F)(F)C(F)(F)C(F)(F)C(F)(F)C(F)(F)C(F)(F)C(F)(F)F. The second-order valence-electron chi connectivity index (χ2n) is 8.99. The molecular formula is C21H11AlF17NO3S. The smallest absolute Gasteiger partial charge is 0.626 e. The third-order valence-electron chi connectivity index (χ3n) is 6.22. The molecule has 0 spiro atoms. The number of alkyl halides is 17. The maximum atomic E-state index is 15.0. The van der Waals surface area contributed by atoms with Gasteiger partial charge in [0.2, 0.25) is 0 Å². The summed E-state index contributed by atoms with van der Waals surface area (Å²) in [7, 11) is -7.59. The van der Waals surface area contributed by atoms with E-state index in [0.29, 0.717) is 11.9 Å². The number of rotatable bonds is 8. The van der Waals surface area contributed by atoms with Crippen molar-refractivity contribution in [3.8, 4) is 16.9 Å². The van der Waals surface area contributed by atoms with Crippen LogP contribution in [0.25, 0.3) is 11.1 Å². The fourth-order valence-electron chi connectivity index (χ4n) is 3.87. The molecule has 2 aromatic rings. The molecule has 0 N–H and O–H groups in total. The summed E-state index contributed by atoms with van der Waals surface area (Å²) in [6.45, 7) is 0. The third-order valence-corrected chi connectivity index (χ3v) is 11.1. The summed E-state index contributed by atoms with van der Waals surface area (Å²) in [5, 5.41) is -7.70. The molecule has 0 aliphatic carbocycles. The number of nitrogens with zero attached hydrogens (tertiary/aromatic N) is 1. The predicted octanol–water partition coefficient (Wildman–Crippen LogP) is 7.97. The summed E-state index contributed by atoms with van der Waals surface area (Å²) in [6, 6.07) is 8.40.